The number of fused-ring (bicyclic) bond motifs is 1. The fourth-order valence-electron chi connectivity index (χ4n) is 2.66. The Hall–Kier alpha value is -2.43. The third-order valence-corrected chi connectivity index (χ3v) is 3.85. The molecule has 2 heterocycles. The Labute approximate surface area is 129 Å². The fourth-order valence-corrected chi connectivity index (χ4v) is 2.66. The highest BCUT2D eigenvalue weighted by molar-refractivity contribution is 5.84. The minimum absolute atomic E-state index is 0.0280. The molecule has 0 bridgehead atoms. The summed E-state index contributed by atoms with van der Waals surface area (Å²) in [5.74, 6) is 0.436. The summed E-state index contributed by atoms with van der Waals surface area (Å²) in [4.78, 5) is 13.1. The predicted octanol–water partition coefficient (Wildman–Crippen LogP) is 3.46. The lowest BCUT2D eigenvalue weighted by Crippen LogP contribution is -2.39. The first-order valence-electron chi connectivity index (χ1n) is 7.41. The van der Waals surface area contributed by atoms with Crippen LogP contribution in [0, 0.1) is 6.92 Å². The van der Waals surface area contributed by atoms with Crippen LogP contribution in [0.2, 0.25) is 0 Å². The molecule has 1 unspecified atom stereocenters. The van der Waals surface area contributed by atoms with E-state index in [-0.39, 0.29) is 11.9 Å². The molecule has 1 aliphatic heterocycles. The Bertz CT molecular complexity index is 692. The summed E-state index contributed by atoms with van der Waals surface area (Å²) >= 11 is 0. The number of hydrogen-bond acceptors (Lipinski definition) is 4. The number of aryl methyl sites for hydroxylation is 1. The maximum atomic E-state index is 10.9. The number of aromatic carboxylic acids is 1. The van der Waals surface area contributed by atoms with Gasteiger partial charge in [0.05, 0.1) is 18.8 Å². The first-order chi connectivity index (χ1) is 10.6. The summed E-state index contributed by atoms with van der Waals surface area (Å²) in [6, 6.07) is 9.32. The summed E-state index contributed by atoms with van der Waals surface area (Å²) < 4.78 is 11.4. The third kappa shape index (κ3) is 2.79. The molecule has 5 nitrogen and oxygen atoms in total. The number of nitrogens with zero attached hydrogens (tertiary/aromatic N) is 1. The first kappa shape index (κ1) is 14.5. The van der Waals surface area contributed by atoms with Gasteiger partial charge < -0.3 is 19.2 Å². The minimum Gasteiger partial charge on any atom is -0.486 e. The van der Waals surface area contributed by atoms with E-state index in [4.69, 9.17) is 14.3 Å². The monoisotopic (exact) mass is 301 g/mol. The van der Waals surface area contributed by atoms with Gasteiger partial charge in [-0.05, 0) is 43.2 Å². The number of rotatable bonds is 4. The molecule has 116 valence electrons. The van der Waals surface area contributed by atoms with Crippen LogP contribution in [-0.2, 0) is 6.54 Å². The zero-order chi connectivity index (χ0) is 15.7. The molecule has 1 N–H and O–H groups in total. The van der Waals surface area contributed by atoms with Gasteiger partial charge in [0, 0.05) is 0 Å². The molecule has 2 aromatic rings. The van der Waals surface area contributed by atoms with Crippen molar-refractivity contribution in [2.75, 3.05) is 11.4 Å². The van der Waals surface area contributed by atoms with Crippen LogP contribution in [0.15, 0.2) is 34.7 Å². The molecule has 5 heteroatoms. The number of carbonyl (C=O) groups is 1. The van der Waals surface area contributed by atoms with Crippen LogP contribution in [0.3, 0.4) is 0 Å². The number of hydrogen-bond donors (Lipinski definition) is 1. The zero-order valence-electron chi connectivity index (χ0n) is 12.7. The average Bonchev–Trinajstić information content (AvgIpc) is 2.96. The van der Waals surface area contributed by atoms with Crippen LogP contribution in [-0.4, -0.2) is 23.7 Å². The molecule has 0 saturated carbocycles. The summed E-state index contributed by atoms with van der Waals surface area (Å²) in [7, 11) is 0. The predicted molar refractivity (Wildman–Crippen MR) is 82.6 cm³/mol. The van der Waals surface area contributed by atoms with Gasteiger partial charge in [-0.2, -0.15) is 0 Å². The lowest BCUT2D eigenvalue weighted by molar-refractivity contribution is 0.0660. The first-order valence-corrected chi connectivity index (χ1v) is 7.41. The molecular formula is C17H19NO4. The van der Waals surface area contributed by atoms with E-state index in [0.717, 1.165) is 30.0 Å². The Balaban J connectivity index is 1.88. The number of benzene rings is 1. The molecule has 0 amide bonds. The second kappa shape index (κ2) is 5.75. The topological polar surface area (TPSA) is 62.9 Å². The maximum absolute atomic E-state index is 10.9. The Kier molecular flexibility index (Phi) is 3.79. The molecule has 1 atom stereocenters. The second-order valence-electron chi connectivity index (χ2n) is 5.57. The quantitative estimate of drug-likeness (QED) is 0.937. The highest BCUT2D eigenvalue weighted by Gasteiger charge is 2.25. The van der Waals surface area contributed by atoms with Crippen molar-refractivity contribution in [3.8, 4) is 5.75 Å². The highest BCUT2D eigenvalue weighted by Crippen LogP contribution is 2.35. The van der Waals surface area contributed by atoms with Crippen molar-refractivity contribution in [2.45, 2.75) is 32.9 Å². The SMILES string of the molecule is CCC1CN(Cc2ccc(C(=O)O)o2)c2cc(C)ccc2O1. The van der Waals surface area contributed by atoms with Crippen molar-refractivity contribution < 1.29 is 19.1 Å². The Morgan fingerprint density at radius 3 is 2.86 bits per heavy atom. The van der Waals surface area contributed by atoms with E-state index in [0.29, 0.717) is 12.3 Å². The van der Waals surface area contributed by atoms with Crippen LogP contribution in [0.5, 0.6) is 5.75 Å². The molecule has 0 aliphatic carbocycles. The maximum Gasteiger partial charge on any atom is 0.371 e. The van der Waals surface area contributed by atoms with E-state index in [1.165, 1.54) is 6.07 Å². The van der Waals surface area contributed by atoms with Gasteiger partial charge in [0.15, 0.2) is 0 Å². The van der Waals surface area contributed by atoms with Gasteiger partial charge in [-0.15, -0.1) is 0 Å². The third-order valence-electron chi connectivity index (χ3n) is 3.85. The second-order valence-corrected chi connectivity index (χ2v) is 5.57. The molecule has 0 saturated heterocycles. The van der Waals surface area contributed by atoms with Gasteiger partial charge in [-0.3, -0.25) is 0 Å². The molecule has 1 aliphatic rings. The zero-order valence-corrected chi connectivity index (χ0v) is 12.7. The van der Waals surface area contributed by atoms with Crippen LogP contribution < -0.4 is 9.64 Å². The van der Waals surface area contributed by atoms with Crippen LogP contribution in [0.4, 0.5) is 5.69 Å². The molecular weight excluding hydrogens is 282 g/mol. The lowest BCUT2D eigenvalue weighted by Gasteiger charge is -2.35. The number of anilines is 1. The van der Waals surface area contributed by atoms with Crippen molar-refractivity contribution in [2.24, 2.45) is 0 Å². The summed E-state index contributed by atoms with van der Waals surface area (Å²) in [5.41, 5.74) is 2.19. The van der Waals surface area contributed by atoms with Crippen molar-refractivity contribution in [1.82, 2.24) is 0 Å². The van der Waals surface area contributed by atoms with Crippen molar-refractivity contribution in [3.63, 3.8) is 0 Å². The molecule has 1 aromatic heterocycles. The molecule has 22 heavy (non-hydrogen) atoms. The summed E-state index contributed by atoms with van der Waals surface area (Å²) in [6.07, 6.45) is 1.05. The van der Waals surface area contributed by atoms with Crippen LogP contribution in [0.25, 0.3) is 0 Å². The highest BCUT2D eigenvalue weighted by atomic mass is 16.5. The smallest absolute Gasteiger partial charge is 0.371 e. The fraction of sp³-hybridized carbons (Fsp3) is 0.353. The number of carboxylic acids is 1. The molecule has 0 radical (unpaired) electrons. The lowest BCUT2D eigenvalue weighted by atomic mass is 10.1. The Morgan fingerprint density at radius 2 is 2.18 bits per heavy atom. The molecule has 0 spiro atoms. The van der Waals surface area contributed by atoms with E-state index in [2.05, 4.69) is 17.9 Å². The average molecular weight is 301 g/mol. The van der Waals surface area contributed by atoms with Crippen molar-refractivity contribution in [1.29, 1.82) is 0 Å². The van der Waals surface area contributed by atoms with Crippen molar-refractivity contribution in [3.05, 3.63) is 47.4 Å². The normalized spacial score (nSPS) is 17.0. The number of carboxylic acid groups (broad SMARTS) is 1. The molecule has 1 aromatic carbocycles. The minimum atomic E-state index is -1.05. The molecule has 0 fully saturated rings. The van der Waals surface area contributed by atoms with Crippen LogP contribution >= 0.6 is 0 Å². The number of ether oxygens (including phenoxy) is 1. The van der Waals surface area contributed by atoms with Gasteiger partial charge >= 0.3 is 5.97 Å². The van der Waals surface area contributed by atoms with Crippen molar-refractivity contribution >= 4 is 11.7 Å². The van der Waals surface area contributed by atoms with Crippen LogP contribution in [0.1, 0.15) is 35.2 Å². The van der Waals surface area contributed by atoms with E-state index >= 15 is 0 Å². The summed E-state index contributed by atoms with van der Waals surface area (Å²) in [5, 5.41) is 8.95. The Morgan fingerprint density at radius 1 is 1.36 bits per heavy atom. The van der Waals surface area contributed by atoms with E-state index in [1.807, 2.05) is 19.1 Å². The van der Waals surface area contributed by atoms with Gasteiger partial charge in [-0.25, -0.2) is 4.79 Å². The van der Waals surface area contributed by atoms with E-state index < -0.39 is 5.97 Å². The van der Waals surface area contributed by atoms with Gasteiger partial charge in [0.1, 0.15) is 17.6 Å². The van der Waals surface area contributed by atoms with E-state index in [1.54, 1.807) is 6.07 Å². The standard InChI is InChI=1S/C17H19NO4/c1-3-12-9-18(10-13-5-7-16(22-13)17(19)20)14-8-11(2)4-6-15(14)21-12/h4-8,12H,3,9-10H2,1-2H3,(H,19,20). The number of furan rings is 1. The largest absolute Gasteiger partial charge is 0.486 e. The summed E-state index contributed by atoms with van der Waals surface area (Å²) in [6.45, 7) is 5.43. The molecule has 3 rings (SSSR count). The van der Waals surface area contributed by atoms with E-state index in [9.17, 15) is 4.79 Å². The van der Waals surface area contributed by atoms with Gasteiger partial charge in [0.2, 0.25) is 5.76 Å². The van der Waals surface area contributed by atoms with Gasteiger partial charge in [0.25, 0.3) is 0 Å². The van der Waals surface area contributed by atoms with Gasteiger partial charge in [-0.1, -0.05) is 13.0 Å².